The smallest absolute Gasteiger partial charge is 0.257 e. The van der Waals surface area contributed by atoms with Gasteiger partial charge >= 0.3 is 0 Å². The molecular formula is C18H11F4N3O. The van der Waals surface area contributed by atoms with Gasteiger partial charge in [-0.2, -0.15) is 0 Å². The molecule has 0 unspecified atom stereocenters. The SMILES string of the molecule is O=C(Nc1ccc(F)c(F)c1)c1ccc(Nc2ccc(F)c(F)c2)nc1. The summed E-state index contributed by atoms with van der Waals surface area (Å²) in [7, 11) is 0. The second-order valence-electron chi connectivity index (χ2n) is 5.27. The van der Waals surface area contributed by atoms with E-state index in [1.54, 1.807) is 0 Å². The minimum atomic E-state index is -1.08. The number of anilines is 3. The van der Waals surface area contributed by atoms with Crippen molar-refractivity contribution in [1.29, 1.82) is 0 Å². The molecule has 1 amide bonds. The van der Waals surface area contributed by atoms with Crippen LogP contribution in [0.25, 0.3) is 0 Å². The molecule has 0 aliphatic heterocycles. The first-order valence-electron chi connectivity index (χ1n) is 7.37. The van der Waals surface area contributed by atoms with E-state index in [9.17, 15) is 22.4 Å². The van der Waals surface area contributed by atoms with Crippen molar-refractivity contribution in [3.05, 3.63) is 83.6 Å². The van der Waals surface area contributed by atoms with Gasteiger partial charge in [0.25, 0.3) is 5.91 Å². The Kier molecular flexibility index (Phi) is 4.83. The van der Waals surface area contributed by atoms with E-state index in [1.165, 1.54) is 30.5 Å². The second-order valence-corrected chi connectivity index (χ2v) is 5.27. The molecule has 0 aliphatic carbocycles. The largest absolute Gasteiger partial charge is 0.340 e. The van der Waals surface area contributed by atoms with Crippen LogP contribution in [0.15, 0.2) is 54.7 Å². The number of aromatic nitrogens is 1. The van der Waals surface area contributed by atoms with Gasteiger partial charge in [-0.05, 0) is 36.4 Å². The van der Waals surface area contributed by atoms with Gasteiger partial charge in [-0.1, -0.05) is 0 Å². The Morgan fingerprint density at radius 3 is 1.96 bits per heavy atom. The Morgan fingerprint density at radius 1 is 0.769 bits per heavy atom. The van der Waals surface area contributed by atoms with Crippen molar-refractivity contribution in [2.75, 3.05) is 10.6 Å². The average molecular weight is 361 g/mol. The predicted octanol–water partition coefficient (Wildman–Crippen LogP) is 4.63. The van der Waals surface area contributed by atoms with Crippen LogP contribution in [-0.2, 0) is 0 Å². The molecule has 0 atom stereocenters. The van der Waals surface area contributed by atoms with Gasteiger partial charge in [-0.25, -0.2) is 22.5 Å². The minimum Gasteiger partial charge on any atom is -0.340 e. The number of hydrogen-bond acceptors (Lipinski definition) is 3. The fourth-order valence-corrected chi connectivity index (χ4v) is 2.10. The van der Waals surface area contributed by atoms with Crippen molar-refractivity contribution in [2.45, 2.75) is 0 Å². The number of amides is 1. The fourth-order valence-electron chi connectivity index (χ4n) is 2.10. The summed E-state index contributed by atoms with van der Waals surface area (Å²) in [5.74, 6) is -4.32. The van der Waals surface area contributed by atoms with Crippen molar-refractivity contribution < 1.29 is 22.4 Å². The Hall–Kier alpha value is -3.42. The summed E-state index contributed by atoms with van der Waals surface area (Å²) in [5, 5.41) is 5.17. The van der Waals surface area contributed by atoms with E-state index in [2.05, 4.69) is 15.6 Å². The summed E-state index contributed by atoms with van der Waals surface area (Å²) < 4.78 is 52.1. The maximum Gasteiger partial charge on any atom is 0.257 e. The Balaban J connectivity index is 1.69. The molecule has 26 heavy (non-hydrogen) atoms. The second kappa shape index (κ2) is 7.22. The number of benzene rings is 2. The van der Waals surface area contributed by atoms with Crippen LogP contribution >= 0.6 is 0 Å². The fraction of sp³-hybridized carbons (Fsp3) is 0. The van der Waals surface area contributed by atoms with Gasteiger partial charge in [0, 0.05) is 29.7 Å². The zero-order valence-electron chi connectivity index (χ0n) is 13.1. The molecule has 1 heterocycles. The zero-order valence-corrected chi connectivity index (χ0v) is 13.1. The van der Waals surface area contributed by atoms with E-state index < -0.39 is 29.2 Å². The van der Waals surface area contributed by atoms with Crippen LogP contribution in [0.3, 0.4) is 0 Å². The van der Waals surface area contributed by atoms with Crippen molar-refractivity contribution in [3.8, 4) is 0 Å². The van der Waals surface area contributed by atoms with Crippen LogP contribution in [0.4, 0.5) is 34.8 Å². The normalized spacial score (nSPS) is 10.5. The van der Waals surface area contributed by atoms with Crippen molar-refractivity contribution in [3.63, 3.8) is 0 Å². The molecule has 2 N–H and O–H groups in total. The van der Waals surface area contributed by atoms with E-state index in [1.807, 2.05) is 0 Å². The lowest BCUT2D eigenvalue weighted by molar-refractivity contribution is 0.102. The molecule has 2 aromatic carbocycles. The van der Waals surface area contributed by atoms with E-state index in [0.717, 1.165) is 24.3 Å². The Morgan fingerprint density at radius 2 is 1.38 bits per heavy atom. The molecule has 1 aromatic heterocycles. The number of carbonyl (C=O) groups excluding carboxylic acids is 1. The predicted molar refractivity (Wildman–Crippen MR) is 88.2 cm³/mol. The van der Waals surface area contributed by atoms with Crippen LogP contribution in [0.5, 0.6) is 0 Å². The first kappa shape index (κ1) is 17.4. The quantitative estimate of drug-likeness (QED) is 0.666. The van der Waals surface area contributed by atoms with Crippen LogP contribution in [0.1, 0.15) is 10.4 Å². The number of hydrogen-bond donors (Lipinski definition) is 2. The van der Waals surface area contributed by atoms with Gasteiger partial charge in [0.2, 0.25) is 0 Å². The number of rotatable bonds is 4. The van der Waals surface area contributed by atoms with Gasteiger partial charge < -0.3 is 10.6 Å². The summed E-state index contributed by atoms with van der Waals surface area (Å²) in [6.45, 7) is 0. The highest BCUT2D eigenvalue weighted by atomic mass is 19.2. The van der Waals surface area contributed by atoms with Crippen molar-refractivity contribution >= 4 is 23.1 Å². The molecule has 0 radical (unpaired) electrons. The lowest BCUT2D eigenvalue weighted by Crippen LogP contribution is -2.12. The Labute approximate surface area is 145 Å². The summed E-state index contributed by atoms with van der Waals surface area (Å²) in [5.41, 5.74) is 0.554. The van der Waals surface area contributed by atoms with E-state index in [-0.39, 0.29) is 16.9 Å². The van der Waals surface area contributed by atoms with Gasteiger partial charge in [-0.15, -0.1) is 0 Å². The standard InChI is InChI=1S/C18H11F4N3O/c19-13-4-2-11(7-15(13)21)24-17-6-1-10(9-23-17)18(26)25-12-3-5-14(20)16(22)8-12/h1-9H,(H,23,24)(H,25,26). The molecule has 0 fully saturated rings. The minimum absolute atomic E-state index is 0.0953. The van der Waals surface area contributed by atoms with Crippen LogP contribution in [-0.4, -0.2) is 10.9 Å². The third-order valence-corrected chi connectivity index (χ3v) is 3.40. The number of pyridine rings is 1. The summed E-state index contributed by atoms with van der Waals surface area (Å²) in [4.78, 5) is 16.1. The summed E-state index contributed by atoms with van der Waals surface area (Å²) >= 11 is 0. The third kappa shape index (κ3) is 3.97. The first-order chi connectivity index (χ1) is 12.4. The first-order valence-corrected chi connectivity index (χ1v) is 7.37. The van der Waals surface area contributed by atoms with Gasteiger partial charge in [0.05, 0.1) is 5.56 Å². The Bertz CT molecular complexity index is 961. The highest BCUT2D eigenvalue weighted by Gasteiger charge is 2.10. The van der Waals surface area contributed by atoms with Gasteiger partial charge in [0.1, 0.15) is 5.82 Å². The maximum absolute atomic E-state index is 13.2. The third-order valence-electron chi connectivity index (χ3n) is 3.40. The molecule has 3 aromatic rings. The lowest BCUT2D eigenvalue weighted by Gasteiger charge is -2.08. The average Bonchev–Trinajstić information content (AvgIpc) is 2.62. The monoisotopic (exact) mass is 361 g/mol. The number of nitrogens with zero attached hydrogens (tertiary/aromatic N) is 1. The zero-order chi connectivity index (χ0) is 18.7. The molecule has 4 nitrogen and oxygen atoms in total. The summed E-state index contributed by atoms with van der Waals surface area (Å²) in [6, 6.07) is 9.16. The molecule has 132 valence electrons. The molecule has 0 aliphatic rings. The molecule has 3 rings (SSSR count). The lowest BCUT2D eigenvalue weighted by atomic mass is 10.2. The van der Waals surface area contributed by atoms with Crippen molar-refractivity contribution in [1.82, 2.24) is 4.98 Å². The van der Waals surface area contributed by atoms with E-state index >= 15 is 0 Å². The van der Waals surface area contributed by atoms with Crippen LogP contribution in [0, 0.1) is 23.3 Å². The summed E-state index contributed by atoms with van der Waals surface area (Å²) in [6.07, 6.45) is 1.25. The van der Waals surface area contributed by atoms with Gasteiger partial charge in [0.15, 0.2) is 23.3 Å². The highest BCUT2D eigenvalue weighted by molar-refractivity contribution is 6.04. The molecule has 0 saturated heterocycles. The van der Waals surface area contributed by atoms with E-state index in [0.29, 0.717) is 5.82 Å². The number of halogens is 4. The van der Waals surface area contributed by atoms with Crippen molar-refractivity contribution in [2.24, 2.45) is 0 Å². The van der Waals surface area contributed by atoms with E-state index in [4.69, 9.17) is 0 Å². The molecule has 0 saturated carbocycles. The topological polar surface area (TPSA) is 54.0 Å². The maximum atomic E-state index is 13.2. The highest BCUT2D eigenvalue weighted by Crippen LogP contribution is 2.18. The van der Waals surface area contributed by atoms with Crippen LogP contribution in [0.2, 0.25) is 0 Å². The molecule has 8 heteroatoms. The van der Waals surface area contributed by atoms with Crippen LogP contribution < -0.4 is 10.6 Å². The molecule has 0 bridgehead atoms. The number of carbonyl (C=O) groups is 1. The van der Waals surface area contributed by atoms with Gasteiger partial charge in [-0.3, -0.25) is 4.79 Å². The molecule has 0 spiro atoms. The molecular weight excluding hydrogens is 350 g/mol. The number of nitrogens with one attached hydrogen (secondary N) is 2.